The number of hydrogen-bond donors (Lipinski definition) is 3. The molecule has 0 unspecified atom stereocenters. The number of likely N-dealkylation sites (tertiary alicyclic amines) is 1. The Labute approximate surface area is 173 Å². The summed E-state index contributed by atoms with van der Waals surface area (Å²) in [5.41, 5.74) is 1.10. The lowest BCUT2D eigenvalue weighted by atomic mass is 10.1. The van der Waals surface area contributed by atoms with E-state index in [1.165, 1.54) is 0 Å². The molecule has 0 aliphatic carbocycles. The number of aliphatic hydroxyl groups is 1. The third-order valence-electron chi connectivity index (χ3n) is 4.15. The van der Waals surface area contributed by atoms with Crippen LogP contribution in [0.25, 0.3) is 0 Å². The molecule has 1 heterocycles. The van der Waals surface area contributed by atoms with Crippen molar-refractivity contribution >= 4 is 41.5 Å². The molecular weight excluding hydrogens is 451 g/mol. The van der Waals surface area contributed by atoms with Crippen molar-refractivity contribution in [3.63, 3.8) is 0 Å². The quantitative estimate of drug-likeness (QED) is 0.243. The van der Waals surface area contributed by atoms with Gasteiger partial charge < -0.3 is 20.6 Å². The smallest absolute Gasteiger partial charge is 0.191 e. The predicted octanol–water partition coefficient (Wildman–Crippen LogP) is 2.86. The Hall–Kier alpha value is -0.570. The molecule has 1 aromatic carbocycles. The molecule has 0 atom stereocenters. The Morgan fingerprint density at radius 1 is 1.32 bits per heavy atom. The van der Waals surface area contributed by atoms with Gasteiger partial charge in [0.05, 0.1) is 12.6 Å². The van der Waals surface area contributed by atoms with Crippen LogP contribution < -0.4 is 10.6 Å². The van der Waals surface area contributed by atoms with E-state index in [1.807, 2.05) is 24.3 Å². The lowest BCUT2D eigenvalue weighted by Crippen LogP contribution is -2.40. The number of nitrogens with zero attached hydrogens (tertiary/aromatic N) is 2. The van der Waals surface area contributed by atoms with Gasteiger partial charge in [0, 0.05) is 31.2 Å². The first-order valence-electron chi connectivity index (χ1n) is 8.84. The Kier molecular flexibility index (Phi) is 11.4. The van der Waals surface area contributed by atoms with Gasteiger partial charge in [0.25, 0.3) is 0 Å². The lowest BCUT2D eigenvalue weighted by Gasteiger charge is -2.29. The Morgan fingerprint density at radius 3 is 2.76 bits per heavy atom. The Bertz CT molecular complexity index is 522. The highest BCUT2D eigenvalue weighted by Crippen LogP contribution is 2.11. The van der Waals surface area contributed by atoms with Gasteiger partial charge in [-0.2, -0.15) is 0 Å². The molecule has 25 heavy (non-hydrogen) atoms. The van der Waals surface area contributed by atoms with Crippen LogP contribution in [0.3, 0.4) is 0 Å². The molecule has 1 aliphatic rings. The van der Waals surface area contributed by atoms with Crippen molar-refractivity contribution in [2.45, 2.75) is 38.8 Å². The summed E-state index contributed by atoms with van der Waals surface area (Å²) in [5, 5.41) is 16.9. The van der Waals surface area contributed by atoms with Crippen molar-refractivity contribution in [1.29, 1.82) is 0 Å². The van der Waals surface area contributed by atoms with Gasteiger partial charge in [0.2, 0.25) is 0 Å². The van der Waals surface area contributed by atoms with Crippen molar-refractivity contribution in [3.8, 4) is 0 Å². The molecule has 5 nitrogen and oxygen atoms in total. The lowest BCUT2D eigenvalue weighted by molar-refractivity contribution is 0.0823. The van der Waals surface area contributed by atoms with Gasteiger partial charge in [-0.1, -0.05) is 23.7 Å². The number of aliphatic imine (C=N–C) groups is 1. The maximum Gasteiger partial charge on any atom is 0.191 e. The van der Waals surface area contributed by atoms with E-state index in [0.717, 1.165) is 68.5 Å². The summed E-state index contributed by atoms with van der Waals surface area (Å²) in [7, 11) is 0. The first-order valence-corrected chi connectivity index (χ1v) is 9.22. The predicted molar refractivity (Wildman–Crippen MR) is 116 cm³/mol. The largest absolute Gasteiger partial charge is 0.393 e. The first kappa shape index (κ1) is 22.5. The summed E-state index contributed by atoms with van der Waals surface area (Å²) in [6.45, 7) is 7.48. The van der Waals surface area contributed by atoms with Crippen LogP contribution in [-0.2, 0) is 6.54 Å². The maximum atomic E-state index is 9.53. The van der Waals surface area contributed by atoms with Crippen LogP contribution in [0.15, 0.2) is 29.3 Å². The second kappa shape index (κ2) is 12.7. The SMILES string of the molecule is CCNC(=NCc1cccc(Cl)c1)NCCCN1CCC(O)CC1.I. The van der Waals surface area contributed by atoms with E-state index in [-0.39, 0.29) is 30.1 Å². The van der Waals surface area contributed by atoms with Crippen LogP contribution in [0, 0.1) is 0 Å². The minimum Gasteiger partial charge on any atom is -0.393 e. The fourth-order valence-corrected chi connectivity index (χ4v) is 3.01. The summed E-state index contributed by atoms with van der Waals surface area (Å²) in [5.74, 6) is 0.839. The van der Waals surface area contributed by atoms with Gasteiger partial charge in [-0.15, -0.1) is 24.0 Å². The fraction of sp³-hybridized carbons (Fsp3) is 0.611. The topological polar surface area (TPSA) is 59.9 Å². The van der Waals surface area contributed by atoms with Gasteiger partial charge in [-0.05, 0) is 50.4 Å². The fourth-order valence-electron chi connectivity index (χ4n) is 2.80. The average Bonchev–Trinajstić information content (AvgIpc) is 2.58. The molecule has 1 aliphatic heterocycles. The number of hydrogen-bond acceptors (Lipinski definition) is 3. The van der Waals surface area contributed by atoms with E-state index in [9.17, 15) is 5.11 Å². The van der Waals surface area contributed by atoms with Crippen molar-refractivity contribution in [1.82, 2.24) is 15.5 Å². The number of piperidine rings is 1. The number of nitrogens with one attached hydrogen (secondary N) is 2. The Morgan fingerprint density at radius 2 is 2.08 bits per heavy atom. The van der Waals surface area contributed by atoms with Crippen LogP contribution >= 0.6 is 35.6 Å². The van der Waals surface area contributed by atoms with E-state index < -0.39 is 0 Å². The van der Waals surface area contributed by atoms with Crippen LogP contribution in [-0.4, -0.2) is 54.8 Å². The summed E-state index contributed by atoms with van der Waals surface area (Å²) in [4.78, 5) is 7.03. The van der Waals surface area contributed by atoms with Gasteiger partial charge in [0.1, 0.15) is 0 Å². The molecule has 0 saturated carbocycles. The van der Waals surface area contributed by atoms with Crippen molar-refractivity contribution in [2.75, 3.05) is 32.7 Å². The maximum absolute atomic E-state index is 9.53. The van der Waals surface area contributed by atoms with E-state index >= 15 is 0 Å². The number of benzene rings is 1. The molecule has 0 bridgehead atoms. The van der Waals surface area contributed by atoms with Crippen LogP contribution in [0.2, 0.25) is 5.02 Å². The molecule has 1 saturated heterocycles. The molecule has 0 amide bonds. The van der Waals surface area contributed by atoms with Crippen LogP contribution in [0.5, 0.6) is 0 Å². The molecule has 0 aromatic heterocycles. The number of rotatable bonds is 7. The monoisotopic (exact) mass is 480 g/mol. The molecule has 3 N–H and O–H groups in total. The van der Waals surface area contributed by atoms with Gasteiger partial charge in [-0.3, -0.25) is 0 Å². The third kappa shape index (κ3) is 9.08. The number of aliphatic hydroxyl groups excluding tert-OH is 1. The highest BCUT2D eigenvalue weighted by molar-refractivity contribution is 14.0. The average molecular weight is 481 g/mol. The number of guanidine groups is 1. The molecule has 1 aromatic rings. The van der Waals surface area contributed by atoms with Gasteiger partial charge >= 0.3 is 0 Å². The van der Waals surface area contributed by atoms with E-state index in [1.54, 1.807) is 0 Å². The van der Waals surface area contributed by atoms with Crippen molar-refractivity contribution in [3.05, 3.63) is 34.9 Å². The van der Waals surface area contributed by atoms with Crippen molar-refractivity contribution < 1.29 is 5.11 Å². The van der Waals surface area contributed by atoms with Gasteiger partial charge in [-0.25, -0.2) is 4.99 Å². The van der Waals surface area contributed by atoms with Crippen LogP contribution in [0.1, 0.15) is 31.7 Å². The Balaban J connectivity index is 0.00000312. The molecule has 2 rings (SSSR count). The zero-order valence-electron chi connectivity index (χ0n) is 14.9. The summed E-state index contributed by atoms with van der Waals surface area (Å²) in [6.07, 6.45) is 2.77. The molecular formula is C18H30ClIN4O. The summed E-state index contributed by atoms with van der Waals surface area (Å²) >= 11 is 6.01. The molecule has 7 heteroatoms. The van der Waals surface area contributed by atoms with E-state index in [4.69, 9.17) is 11.6 Å². The number of halogens is 2. The van der Waals surface area contributed by atoms with Gasteiger partial charge in [0.15, 0.2) is 5.96 Å². The van der Waals surface area contributed by atoms with Crippen molar-refractivity contribution in [2.24, 2.45) is 4.99 Å². The minimum atomic E-state index is -0.0987. The first-order chi connectivity index (χ1) is 11.7. The minimum absolute atomic E-state index is 0. The third-order valence-corrected chi connectivity index (χ3v) is 4.39. The highest BCUT2D eigenvalue weighted by Gasteiger charge is 2.15. The summed E-state index contributed by atoms with van der Waals surface area (Å²) in [6, 6.07) is 7.80. The zero-order chi connectivity index (χ0) is 17.2. The highest BCUT2D eigenvalue weighted by atomic mass is 127. The molecule has 0 spiro atoms. The zero-order valence-corrected chi connectivity index (χ0v) is 18.0. The summed E-state index contributed by atoms with van der Waals surface area (Å²) < 4.78 is 0. The second-order valence-electron chi connectivity index (χ2n) is 6.18. The standard InChI is InChI=1S/C18H29ClN4O.HI/c1-2-20-18(22-14-15-5-3-6-16(19)13-15)21-9-4-10-23-11-7-17(24)8-12-23;/h3,5-6,13,17,24H,2,4,7-12,14H2,1H3,(H2,20,21,22);1H. The second-order valence-corrected chi connectivity index (χ2v) is 6.61. The molecule has 0 radical (unpaired) electrons. The van der Waals surface area contributed by atoms with E-state index in [2.05, 4.69) is 27.4 Å². The molecule has 142 valence electrons. The normalized spacial score (nSPS) is 16.4. The van der Waals surface area contributed by atoms with Crippen LogP contribution in [0.4, 0.5) is 0 Å². The van der Waals surface area contributed by atoms with E-state index in [0.29, 0.717) is 6.54 Å². The molecule has 1 fully saturated rings.